The maximum atomic E-state index is 11.8. The lowest BCUT2D eigenvalue weighted by Gasteiger charge is -2.02. The zero-order valence-electron chi connectivity index (χ0n) is 9.21. The summed E-state index contributed by atoms with van der Waals surface area (Å²) in [5, 5.41) is 2.30. The largest absolute Gasteiger partial charge is 0.357 e. The molecule has 6 heteroatoms. The first-order chi connectivity index (χ1) is 8.06. The molecule has 17 heavy (non-hydrogen) atoms. The van der Waals surface area contributed by atoms with Crippen LogP contribution in [0.5, 0.6) is 0 Å². The molecule has 6 nitrogen and oxygen atoms in total. The van der Waals surface area contributed by atoms with Gasteiger partial charge in [0.2, 0.25) is 0 Å². The van der Waals surface area contributed by atoms with Crippen molar-refractivity contribution < 1.29 is 4.79 Å². The van der Waals surface area contributed by atoms with Gasteiger partial charge in [0.05, 0.1) is 0 Å². The van der Waals surface area contributed by atoms with E-state index >= 15 is 0 Å². The van der Waals surface area contributed by atoms with Gasteiger partial charge in [-0.1, -0.05) is 0 Å². The number of H-pyrrole nitrogens is 1. The summed E-state index contributed by atoms with van der Waals surface area (Å²) in [7, 11) is 1.80. The Hall–Kier alpha value is -2.37. The third kappa shape index (κ3) is 2.41. The van der Waals surface area contributed by atoms with Crippen molar-refractivity contribution in [1.82, 2.24) is 14.3 Å². The zero-order valence-corrected chi connectivity index (χ0v) is 9.21. The molecule has 0 aliphatic heterocycles. The summed E-state index contributed by atoms with van der Waals surface area (Å²) in [5.41, 5.74) is -0.316. The number of carbonyl (C=O) groups is 1. The first-order valence-corrected chi connectivity index (χ1v) is 5.01. The summed E-state index contributed by atoms with van der Waals surface area (Å²) in [6, 6.07) is 3.93. The van der Waals surface area contributed by atoms with Crippen LogP contribution < -0.4 is 11.1 Å². The minimum atomic E-state index is -0.412. The van der Waals surface area contributed by atoms with Crippen molar-refractivity contribution in [2.24, 2.45) is 7.05 Å². The molecule has 0 saturated heterocycles. The molecule has 0 spiro atoms. The Morgan fingerprint density at radius 1 is 1.29 bits per heavy atom. The first kappa shape index (κ1) is 11.1. The molecule has 0 unspecified atom stereocenters. The molecule has 2 aromatic heterocycles. The normalized spacial score (nSPS) is 10.4. The van der Waals surface area contributed by atoms with Gasteiger partial charge in [0.1, 0.15) is 6.54 Å². The number of aromatic amines is 1. The molecular formula is C11H11N3O3. The van der Waals surface area contributed by atoms with Gasteiger partial charge in [0.25, 0.3) is 11.1 Å². The van der Waals surface area contributed by atoms with Crippen LogP contribution in [0.2, 0.25) is 0 Å². The predicted molar refractivity (Wildman–Crippen MR) is 61.1 cm³/mol. The molecule has 0 atom stereocenters. The number of ketones is 1. The van der Waals surface area contributed by atoms with Crippen LogP contribution in [-0.4, -0.2) is 20.1 Å². The van der Waals surface area contributed by atoms with Crippen molar-refractivity contribution >= 4 is 5.78 Å². The fourth-order valence-electron chi connectivity index (χ4n) is 1.48. The molecule has 2 aromatic rings. The second kappa shape index (κ2) is 4.25. The Kier molecular flexibility index (Phi) is 2.78. The molecule has 2 rings (SSSR count). The van der Waals surface area contributed by atoms with Crippen LogP contribution in [0.4, 0.5) is 0 Å². The van der Waals surface area contributed by atoms with E-state index in [-0.39, 0.29) is 12.3 Å². The number of hydrogen-bond donors (Lipinski definition) is 1. The van der Waals surface area contributed by atoms with Gasteiger partial charge < -0.3 is 4.57 Å². The summed E-state index contributed by atoms with van der Waals surface area (Å²) in [6.07, 6.45) is 3.40. The van der Waals surface area contributed by atoms with Crippen molar-refractivity contribution in [2.75, 3.05) is 0 Å². The van der Waals surface area contributed by atoms with Crippen LogP contribution in [0.15, 0.2) is 40.2 Å². The van der Waals surface area contributed by atoms with E-state index in [2.05, 4.69) is 5.10 Å². The van der Waals surface area contributed by atoms with Crippen LogP contribution in [0.25, 0.3) is 0 Å². The van der Waals surface area contributed by atoms with Gasteiger partial charge in [-0.3, -0.25) is 19.5 Å². The highest BCUT2D eigenvalue weighted by Crippen LogP contribution is 2.01. The fourth-order valence-corrected chi connectivity index (χ4v) is 1.48. The summed E-state index contributed by atoms with van der Waals surface area (Å²) >= 11 is 0. The van der Waals surface area contributed by atoms with Gasteiger partial charge in [0.15, 0.2) is 5.78 Å². The summed E-state index contributed by atoms with van der Waals surface area (Å²) in [5.74, 6) is -0.227. The van der Waals surface area contributed by atoms with Gasteiger partial charge in [-0.25, -0.2) is 4.68 Å². The number of hydrogen-bond acceptors (Lipinski definition) is 3. The van der Waals surface area contributed by atoms with Crippen molar-refractivity contribution in [2.45, 2.75) is 6.54 Å². The predicted octanol–water partition coefficient (Wildman–Crippen LogP) is -0.242. The Labute approximate surface area is 96.1 Å². The van der Waals surface area contributed by atoms with E-state index < -0.39 is 11.1 Å². The lowest BCUT2D eigenvalue weighted by atomic mass is 10.2. The Balaban J connectivity index is 2.27. The molecule has 0 saturated carbocycles. The second-order valence-electron chi connectivity index (χ2n) is 3.72. The van der Waals surface area contributed by atoms with E-state index in [1.165, 1.54) is 0 Å². The second-order valence-corrected chi connectivity index (χ2v) is 3.72. The average Bonchev–Trinajstić information content (AvgIpc) is 2.70. The molecule has 0 aromatic carbocycles. The average molecular weight is 233 g/mol. The molecule has 2 heterocycles. The molecule has 0 fully saturated rings. The monoisotopic (exact) mass is 233 g/mol. The molecule has 88 valence electrons. The van der Waals surface area contributed by atoms with E-state index in [9.17, 15) is 14.4 Å². The van der Waals surface area contributed by atoms with E-state index in [4.69, 9.17) is 0 Å². The van der Waals surface area contributed by atoms with Gasteiger partial charge in [-0.2, -0.15) is 0 Å². The topological polar surface area (TPSA) is 76.9 Å². The molecule has 0 aliphatic carbocycles. The van der Waals surface area contributed by atoms with Gasteiger partial charge in [0, 0.05) is 37.1 Å². The quantitative estimate of drug-likeness (QED) is 0.743. The van der Waals surface area contributed by atoms with E-state index in [0.29, 0.717) is 5.56 Å². The standard InChI is InChI=1S/C11H11N3O3/c1-13-5-4-8(6-13)9(15)7-14-11(17)3-2-10(16)12-14/h2-6H,7H2,1H3,(H,12,16). The smallest absolute Gasteiger partial charge is 0.265 e. The van der Waals surface area contributed by atoms with Crippen molar-refractivity contribution in [1.29, 1.82) is 0 Å². The van der Waals surface area contributed by atoms with Crippen LogP contribution in [0.3, 0.4) is 0 Å². The third-order valence-electron chi connectivity index (χ3n) is 2.34. The molecular weight excluding hydrogens is 222 g/mol. The van der Waals surface area contributed by atoms with Gasteiger partial charge >= 0.3 is 0 Å². The molecule has 0 amide bonds. The van der Waals surface area contributed by atoms with Crippen LogP contribution in [0, 0.1) is 0 Å². The number of nitrogens with zero attached hydrogens (tertiary/aromatic N) is 2. The third-order valence-corrected chi connectivity index (χ3v) is 2.34. The Morgan fingerprint density at radius 3 is 2.71 bits per heavy atom. The van der Waals surface area contributed by atoms with Gasteiger partial charge in [-0.15, -0.1) is 0 Å². The SMILES string of the molecule is Cn1ccc(C(=O)Cn2[nH]c(=O)ccc2=O)c1. The molecule has 0 radical (unpaired) electrons. The maximum absolute atomic E-state index is 11.8. The number of Topliss-reactive ketones (excluding diaryl/α,β-unsaturated/α-hetero) is 1. The molecule has 0 bridgehead atoms. The summed E-state index contributed by atoms with van der Waals surface area (Å²) in [6.45, 7) is -0.168. The highest BCUT2D eigenvalue weighted by Gasteiger charge is 2.09. The van der Waals surface area contributed by atoms with E-state index in [1.54, 1.807) is 30.1 Å². The summed E-state index contributed by atoms with van der Waals surface area (Å²) in [4.78, 5) is 34.2. The first-order valence-electron chi connectivity index (χ1n) is 5.01. The van der Waals surface area contributed by atoms with Crippen molar-refractivity contribution in [3.63, 3.8) is 0 Å². The van der Waals surface area contributed by atoms with Crippen molar-refractivity contribution in [3.8, 4) is 0 Å². The maximum Gasteiger partial charge on any atom is 0.265 e. The lowest BCUT2D eigenvalue weighted by molar-refractivity contribution is 0.0965. The molecule has 1 N–H and O–H groups in total. The number of nitrogens with one attached hydrogen (secondary N) is 1. The number of aromatic nitrogens is 3. The molecule has 0 aliphatic rings. The fraction of sp³-hybridized carbons (Fsp3) is 0.182. The van der Waals surface area contributed by atoms with Crippen LogP contribution >= 0.6 is 0 Å². The van der Waals surface area contributed by atoms with Crippen LogP contribution in [-0.2, 0) is 13.6 Å². The highest BCUT2D eigenvalue weighted by atomic mass is 16.2. The minimum absolute atomic E-state index is 0.168. The number of carbonyl (C=O) groups excluding carboxylic acids is 1. The lowest BCUT2D eigenvalue weighted by Crippen LogP contribution is -2.30. The Morgan fingerprint density at radius 2 is 2.06 bits per heavy atom. The van der Waals surface area contributed by atoms with Crippen LogP contribution in [0.1, 0.15) is 10.4 Å². The Bertz CT molecular complexity index is 663. The zero-order chi connectivity index (χ0) is 12.4. The number of aryl methyl sites for hydroxylation is 1. The highest BCUT2D eigenvalue weighted by molar-refractivity contribution is 5.95. The van der Waals surface area contributed by atoms with Gasteiger partial charge in [-0.05, 0) is 6.07 Å². The number of rotatable bonds is 3. The van der Waals surface area contributed by atoms with Crippen molar-refractivity contribution in [3.05, 3.63) is 56.9 Å². The summed E-state index contributed by atoms with van der Waals surface area (Å²) < 4.78 is 2.74. The minimum Gasteiger partial charge on any atom is -0.357 e. The van der Waals surface area contributed by atoms with E-state index in [1.807, 2.05) is 0 Å². The van der Waals surface area contributed by atoms with E-state index in [0.717, 1.165) is 16.8 Å².